The van der Waals surface area contributed by atoms with Crippen LogP contribution in [0.4, 0.5) is 0 Å². The van der Waals surface area contributed by atoms with Gasteiger partial charge in [-0.1, -0.05) is 36.4 Å². The largest absolute Gasteiger partial charge is 0.382 e. The SMILES string of the molecule is O=C(/C=C/c1ccccc1)NCc1ccc(C(O)c2cccs2)s1. The predicted octanol–water partition coefficient (Wildman–Crippen LogP) is 4.22. The molecule has 1 amide bonds. The van der Waals surface area contributed by atoms with E-state index in [0.29, 0.717) is 6.54 Å². The van der Waals surface area contributed by atoms with Gasteiger partial charge in [0.25, 0.3) is 0 Å². The average Bonchev–Trinajstić information content (AvgIpc) is 3.30. The maximum absolute atomic E-state index is 11.9. The summed E-state index contributed by atoms with van der Waals surface area (Å²) in [7, 11) is 0. The average molecular weight is 355 g/mol. The summed E-state index contributed by atoms with van der Waals surface area (Å²) < 4.78 is 0. The van der Waals surface area contributed by atoms with Gasteiger partial charge in [0.15, 0.2) is 0 Å². The number of carbonyl (C=O) groups excluding carboxylic acids is 1. The molecule has 0 spiro atoms. The van der Waals surface area contributed by atoms with E-state index in [2.05, 4.69) is 5.32 Å². The Balaban J connectivity index is 1.54. The lowest BCUT2D eigenvalue weighted by Crippen LogP contribution is -2.19. The summed E-state index contributed by atoms with van der Waals surface area (Å²) >= 11 is 3.05. The zero-order valence-electron chi connectivity index (χ0n) is 12.9. The van der Waals surface area contributed by atoms with E-state index in [4.69, 9.17) is 0 Å². The van der Waals surface area contributed by atoms with Crippen LogP contribution in [0.1, 0.15) is 26.3 Å². The zero-order chi connectivity index (χ0) is 16.8. The van der Waals surface area contributed by atoms with E-state index >= 15 is 0 Å². The predicted molar refractivity (Wildman–Crippen MR) is 100 cm³/mol. The molecule has 0 saturated heterocycles. The van der Waals surface area contributed by atoms with Crippen molar-refractivity contribution in [1.29, 1.82) is 0 Å². The van der Waals surface area contributed by atoms with Crippen molar-refractivity contribution in [2.45, 2.75) is 12.6 Å². The molecule has 0 aliphatic heterocycles. The molecule has 5 heteroatoms. The number of amides is 1. The lowest BCUT2D eigenvalue weighted by atomic mass is 10.2. The highest BCUT2D eigenvalue weighted by atomic mass is 32.1. The van der Waals surface area contributed by atoms with Gasteiger partial charge < -0.3 is 10.4 Å². The van der Waals surface area contributed by atoms with Crippen LogP contribution in [0, 0.1) is 0 Å². The number of aliphatic hydroxyl groups excluding tert-OH is 1. The van der Waals surface area contributed by atoms with Gasteiger partial charge in [-0.25, -0.2) is 0 Å². The van der Waals surface area contributed by atoms with E-state index in [-0.39, 0.29) is 5.91 Å². The lowest BCUT2D eigenvalue weighted by Gasteiger charge is -2.05. The van der Waals surface area contributed by atoms with Crippen molar-refractivity contribution < 1.29 is 9.90 Å². The monoisotopic (exact) mass is 355 g/mol. The molecule has 2 aromatic heterocycles. The molecule has 2 N–H and O–H groups in total. The first-order valence-corrected chi connectivity index (χ1v) is 9.23. The Bertz CT molecular complexity index is 807. The second kappa shape index (κ2) is 8.06. The molecule has 0 fully saturated rings. The molecule has 1 aromatic carbocycles. The van der Waals surface area contributed by atoms with Crippen LogP contribution in [-0.2, 0) is 11.3 Å². The van der Waals surface area contributed by atoms with E-state index in [0.717, 1.165) is 20.2 Å². The van der Waals surface area contributed by atoms with Crippen LogP contribution in [0.5, 0.6) is 0 Å². The molecule has 24 heavy (non-hydrogen) atoms. The fourth-order valence-corrected chi connectivity index (χ4v) is 3.95. The molecule has 0 bridgehead atoms. The van der Waals surface area contributed by atoms with Gasteiger partial charge in [-0.15, -0.1) is 22.7 Å². The molecule has 3 nitrogen and oxygen atoms in total. The van der Waals surface area contributed by atoms with Gasteiger partial charge in [0.05, 0.1) is 6.54 Å². The summed E-state index contributed by atoms with van der Waals surface area (Å²) in [5.74, 6) is -0.132. The third-order valence-corrected chi connectivity index (χ3v) is 5.49. The van der Waals surface area contributed by atoms with Crippen molar-refractivity contribution in [1.82, 2.24) is 5.32 Å². The first-order chi connectivity index (χ1) is 11.7. The highest BCUT2D eigenvalue weighted by molar-refractivity contribution is 7.12. The minimum atomic E-state index is -0.586. The minimum absolute atomic E-state index is 0.132. The van der Waals surface area contributed by atoms with Gasteiger partial charge in [-0.05, 0) is 35.2 Å². The number of thiophene rings is 2. The fourth-order valence-electron chi connectivity index (χ4n) is 2.19. The summed E-state index contributed by atoms with van der Waals surface area (Å²) in [5, 5.41) is 15.1. The highest BCUT2D eigenvalue weighted by Crippen LogP contribution is 2.30. The summed E-state index contributed by atoms with van der Waals surface area (Å²) in [6, 6.07) is 17.4. The first-order valence-electron chi connectivity index (χ1n) is 7.53. The third kappa shape index (κ3) is 4.41. The molecule has 2 heterocycles. The Kier molecular flexibility index (Phi) is 5.59. The zero-order valence-corrected chi connectivity index (χ0v) is 14.5. The van der Waals surface area contributed by atoms with Crippen LogP contribution in [0.15, 0.2) is 66.1 Å². The van der Waals surface area contributed by atoms with Gasteiger partial charge in [-0.2, -0.15) is 0 Å². The normalized spacial score (nSPS) is 12.4. The standard InChI is InChI=1S/C19H17NO2S2/c21-18(11-8-14-5-2-1-3-6-14)20-13-15-9-10-17(24-15)19(22)16-7-4-12-23-16/h1-12,19,22H,13H2,(H,20,21)/b11-8+. The van der Waals surface area contributed by atoms with Gasteiger partial charge in [0.2, 0.25) is 5.91 Å². The Hall–Kier alpha value is -2.21. The van der Waals surface area contributed by atoms with Gasteiger partial charge in [0.1, 0.15) is 6.10 Å². The van der Waals surface area contributed by atoms with Crippen molar-refractivity contribution in [3.63, 3.8) is 0 Å². The molecule has 0 aliphatic rings. The fraction of sp³-hybridized carbons (Fsp3) is 0.105. The van der Waals surface area contributed by atoms with E-state index in [1.807, 2.05) is 60.0 Å². The third-order valence-electron chi connectivity index (χ3n) is 3.43. The van der Waals surface area contributed by atoms with Crippen LogP contribution in [-0.4, -0.2) is 11.0 Å². The lowest BCUT2D eigenvalue weighted by molar-refractivity contribution is -0.116. The second-order valence-corrected chi connectivity index (χ2v) is 7.36. The molecule has 0 radical (unpaired) electrons. The number of nitrogens with one attached hydrogen (secondary N) is 1. The maximum atomic E-state index is 11.9. The van der Waals surface area contributed by atoms with Crippen molar-refractivity contribution in [3.8, 4) is 0 Å². The van der Waals surface area contributed by atoms with Crippen LogP contribution >= 0.6 is 22.7 Å². The van der Waals surface area contributed by atoms with Gasteiger partial charge in [-0.3, -0.25) is 4.79 Å². The smallest absolute Gasteiger partial charge is 0.244 e. The van der Waals surface area contributed by atoms with E-state index in [1.165, 1.54) is 28.7 Å². The topological polar surface area (TPSA) is 49.3 Å². The second-order valence-electron chi connectivity index (χ2n) is 5.18. The van der Waals surface area contributed by atoms with Crippen molar-refractivity contribution in [2.24, 2.45) is 0 Å². The van der Waals surface area contributed by atoms with Crippen LogP contribution in [0.25, 0.3) is 6.08 Å². The molecule has 0 saturated carbocycles. The van der Waals surface area contributed by atoms with Crippen LogP contribution in [0.2, 0.25) is 0 Å². The van der Waals surface area contributed by atoms with Gasteiger partial charge >= 0.3 is 0 Å². The number of aliphatic hydroxyl groups is 1. The number of carbonyl (C=O) groups is 1. The number of benzene rings is 1. The first kappa shape index (κ1) is 16.6. The van der Waals surface area contributed by atoms with Crippen molar-refractivity contribution in [3.05, 3.63) is 86.2 Å². The number of hydrogen-bond acceptors (Lipinski definition) is 4. The number of rotatable bonds is 6. The Morgan fingerprint density at radius 2 is 1.92 bits per heavy atom. The summed E-state index contributed by atoms with van der Waals surface area (Å²) in [6.07, 6.45) is 2.73. The Morgan fingerprint density at radius 1 is 1.08 bits per heavy atom. The van der Waals surface area contributed by atoms with E-state index in [9.17, 15) is 9.90 Å². The molecular weight excluding hydrogens is 338 g/mol. The quantitative estimate of drug-likeness (QED) is 0.651. The summed E-state index contributed by atoms with van der Waals surface area (Å²) in [5.41, 5.74) is 0.991. The van der Waals surface area contributed by atoms with Gasteiger partial charge in [0, 0.05) is 20.7 Å². The minimum Gasteiger partial charge on any atom is -0.382 e. The van der Waals surface area contributed by atoms with Crippen LogP contribution < -0.4 is 5.32 Å². The molecule has 1 unspecified atom stereocenters. The van der Waals surface area contributed by atoms with E-state index < -0.39 is 6.10 Å². The Labute approximate surface area is 148 Å². The number of hydrogen-bond donors (Lipinski definition) is 2. The molecule has 1 atom stereocenters. The molecule has 0 aliphatic carbocycles. The van der Waals surface area contributed by atoms with Crippen LogP contribution in [0.3, 0.4) is 0 Å². The maximum Gasteiger partial charge on any atom is 0.244 e. The molecule has 3 rings (SSSR count). The van der Waals surface area contributed by atoms with Crippen molar-refractivity contribution >= 4 is 34.7 Å². The molecule has 3 aromatic rings. The summed E-state index contributed by atoms with van der Waals surface area (Å²) in [6.45, 7) is 0.458. The molecule has 122 valence electrons. The summed E-state index contributed by atoms with van der Waals surface area (Å²) in [4.78, 5) is 14.7. The van der Waals surface area contributed by atoms with Crippen molar-refractivity contribution in [2.75, 3.05) is 0 Å². The Morgan fingerprint density at radius 3 is 2.67 bits per heavy atom. The van der Waals surface area contributed by atoms with E-state index in [1.54, 1.807) is 6.08 Å². The highest BCUT2D eigenvalue weighted by Gasteiger charge is 2.13. The molecular formula is C19H17NO2S2.